The van der Waals surface area contributed by atoms with E-state index in [9.17, 15) is 4.79 Å². The Hall–Kier alpha value is -1.51. The maximum absolute atomic E-state index is 11.1. The molecule has 0 fully saturated rings. The Morgan fingerprint density at radius 2 is 1.80 bits per heavy atom. The highest BCUT2D eigenvalue weighted by atomic mass is 16.5. The first-order valence-electron chi connectivity index (χ1n) is 7.01. The van der Waals surface area contributed by atoms with Gasteiger partial charge in [-0.1, -0.05) is 32.9 Å². The molecule has 0 aliphatic carbocycles. The molecule has 1 rings (SSSR count). The summed E-state index contributed by atoms with van der Waals surface area (Å²) in [6, 6.07) is 6.19. The molecule has 0 spiro atoms. The molecule has 0 amide bonds. The molecule has 0 unspecified atom stereocenters. The number of carboxylic acids is 1. The minimum absolute atomic E-state index is 0.00531. The largest absolute Gasteiger partial charge is 0.493 e. The number of hydrogen-bond donors (Lipinski definition) is 1. The normalized spacial score (nSPS) is 12.3. The van der Waals surface area contributed by atoms with Gasteiger partial charge in [-0.15, -0.1) is 0 Å². The van der Waals surface area contributed by atoms with E-state index in [1.54, 1.807) is 13.8 Å². The fraction of sp³-hybridized carbons (Fsp3) is 0.588. The zero-order valence-electron chi connectivity index (χ0n) is 13.4. The number of aryl methyl sites for hydroxylation is 1. The second-order valence-electron chi connectivity index (χ2n) is 7.04. The van der Waals surface area contributed by atoms with Crippen LogP contribution in [0.15, 0.2) is 18.2 Å². The number of benzene rings is 1. The highest BCUT2D eigenvalue weighted by Gasteiger charge is 2.27. The standard InChI is InChI=1S/C17H26O3/c1-12-7-8-13(16(2,3)4)14(11-12)20-10-9-17(5,6)15(18)19/h7-8,11H,9-10H2,1-6H3,(H,18,19). The van der Waals surface area contributed by atoms with Crippen molar-refractivity contribution in [2.45, 2.75) is 53.4 Å². The van der Waals surface area contributed by atoms with Crippen LogP contribution in [0.25, 0.3) is 0 Å². The molecule has 1 aromatic carbocycles. The van der Waals surface area contributed by atoms with Crippen molar-refractivity contribution < 1.29 is 14.6 Å². The highest BCUT2D eigenvalue weighted by molar-refractivity contribution is 5.73. The molecule has 1 aromatic rings. The lowest BCUT2D eigenvalue weighted by atomic mass is 9.86. The van der Waals surface area contributed by atoms with E-state index in [2.05, 4.69) is 32.9 Å². The smallest absolute Gasteiger partial charge is 0.309 e. The molecule has 0 atom stereocenters. The Morgan fingerprint density at radius 1 is 1.20 bits per heavy atom. The van der Waals surface area contributed by atoms with Crippen LogP contribution in [0, 0.1) is 12.3 Å². The zero-order valence-corrected chi connectivity index (χ0v) is 13.4. The van der Waals surface area contributed by atoms with E-state index in [1.807, 2.05) is 13.0 Å². The number of carboxylic acid groups (broad SMARTS) is 1. The van der Waals surface area contributed by atoms with Crippen molar-refractivity contribution in [3.8, 4) is 5.75 Å². The van der Waals surface area contributed by atoms with E-state index < -0.39 is 11.4 Å². The minimum Gasteiger partial charge on any atom is -0.493 e. The van der Waals surface area contributed by atoms with Crippen molar-refractivity contribution in [3.05, 3.63) is 29.3 Å². The van der Waals surface area contributed by atoms with E-state index in [0.29, 0.717) is 13.0 Å². The van der Waals surface area contributed by atoms with E-state index >= 15 is 0 Å². The average Bonchev–Trinajstić information content (AvgIpc) is 2.26. The lowest BCUT2D eigenvalue weighted by Crippen LogP contribution is -2.26. The van der Waals surface area contributed by atoms with E-state index in [1.165, 1.54) is 0 Å². The van der Waals surface area contributed by atoms with Gasteiger partial charge in [-0.2, -0.15) is 0 Å². The number of rotatable bonds is 5. The fourth-order valence-electron chi connectivity index (χ4n) is 1.89. The molecule has 20 heavy (non-hydrogen) atoms. The van der Waals surface area contributed by atoms with E-state index in [4.69, 9.17) is 9.84 Å². The van der Waals surface area contributed by atoms with Gasteiger partial charge in [-0.05, 0) is 49.8 Å². The van der Waals surface area contributed by atoms with Crippen LogP contribution in [0.1, 0.15) is 52.2 Å². The summed E-state index contributed by atoms with van der Waals surface area (Å²) in [4.78, 5) is 11.1. The molecule has 112 valence electrons. The van der Waals surface area contributed by atoms with Crippen molar-refractivity contribution >= 4 is 5.97 Å². The monoisotopic (exact) mass is 278 g/mol. The van der Waals surface area contributed by atoms with Gasteiger partial charge in [0.25, 0.3) is 0 Å². The number of aliphatic carboxylic acids is 1. The number of carbonyl (C=O) groups is 1. The first-order valence-corrected chi connectivity index (χ1v) is 7.01. The fourth-order valence-corrected chi connectivity index (χ4v) is 1.89. The molecule has 0 radical (unpaired) electrons. The van der Waals surface area contributed by atoms with E-state index in [0.717, 1.165) is 16.9 Å². The third kappa shape index (κ3) is 4.26. The second kappa shape index (κ2) is 5.86. The summed E-state index contributed by atoms with van der Waals surface area (Å²) in [7, 11) is 0. The van der Waals surface area contributed by atoms with Crippen molar-refractivity contribution in [2.24, 2.45) is 5.41 Å². The molecule has 0 bridgehead atoms. The molecule has 0 aromatic heterocycles. The van der Waals surface area contributed by atoms with Gasteiger partial charge in [0.15, 0.2) is 0 Å². The van der Waals surface area contributed by atoms with Crippen molar-refractivity contribution in [2.75, 3.05) is 6.61 Å². The molecule has 0 saturated carbocycles. The van der Waals surface area contributed by atoms with Crippen molar-refractivity contribution in [3.63, 3.8) is 0 Å². The summed E-state index contributed by atoms with van der Waals surface area (Å²) < 4.78 is 5.87. The molecular weight excluding hydrogens is 252 g/mol. The van der Waals surface area contributed by atoms with Gasteiger partial charge in [0.2, 0.25) is 0 Å². The van der Waals surface area contributed by atoms with Gasteiger partial charge in [0.05, 0.1) is 12.0 Å². The lowest BCUT2D eigenvalue weighted by Gasteiger charge is -2.24. The van der Waals surface area contributed by atoms with Gasteiger partial charge >= 0.3 is 5.97 Å². The molecule has 3 nitrogen and oxygen atoms in total. The quantitative estimate of drug-likeness (QED) is 0.879. The molecule has 0 aliphatic rings. The topological polar surface area (TPSA) is 46.5 Å². The molecular formula is C17H26O3. The summed E-state index contributed by atoms with van der Waals surface area (Å²) in [6.07, 6.45) is 0.486. The highest BCUT2D eigenvalue weighted by Crippen LogP contribution is 2.32. The van der Waals surface area contributed by atoms with Crippen LogP contribution in [0.2, 0.25) is 0 Å². The summed E-state index contributed by atoms with van der Waals surface area (Å²) in [5.74, 6) is 0.0695. The Bertz CT molecular complexity index is 481. The van der Waals surface area contributed by atoms with Gasteiger partial charge in [0, 0.05) is 0 Å². The van der Waals surface area contributed by atoms with Gasteiger partial charge < -0.3 is 9.84 Å². The summed E-state index contributed by atoms with van der Waals surface area (Å²) in [6.45, 7) is 12.3. The molecule has 1 N–H and O–H groups in total. The van der Waals surface area contributed by atoms with Gasteiger partial charge in [-0.3, -0.25) is 4.79 Å². The van der Waals surface area contributed by atoms with Crippen LogP contribution in [-0.4, -0.2) is 17.7 Å². The SMILES string of the molecule is Cc1ccc(C(C)(C)C)c(OCCC(C)(C)C(=O)O)c1. The minimum atomic E-state index is -0.790. The lowest BCUT2D eigenvalue weighted by molar-refractivity contribution is -0.147. The van der Waals surface area contributed by atoms with Crippen LogP contribution >= 0.6 is 0 Å². The van der Waals surface area contributed by atoms with Crippen LogP contribution in [-0.2, 0) is 10.2 Å². The summed E-state index contributed by atoms with van der Waals surface area (Å²) in [5.41, 5.74) is 1.54. The van der Waals surface area contributed by atoms with E-state index in [-0.39, 0.29) is 5.41 Å². The summed E-state index contributed by atoms with van der Waals surface area (Å²) >= 11 is 0. The Morgan fingerprint density at radius 3 is 2.30 bits per heavy atom. The number of ether oxygens (including phenoxy) is 1. The first-order chi connectivity index (χ1) is 9.04. The molecule has 3 heteroatoms. The van der Waals surface area contributed by atoms with Gasteiger partial charge in [-0.25, -0.2) is 0 Å². The Balaban J connectivity index is 2.83. The maximum Gasteiger partial charge on any atom is 0.309 e. The maximum atomic E-state index is 11.1. The number of hydrogen-bond acceptors (Lipinski definition) is 2. The average molecular weight is 278 g/mol. The first kappa shape index (κ1) is 16.5. The Labute approximate surface area is 122 Å². The zero-order chi connectivity index (χ0) is 15.6. The third-order valence-corrected chi connectivity index (χ3v) is 3.51. The predicted molar refractivity (Wildman–Crippen MR) is 81.4 cm³/mol. The Kier molecular flexibility index (Phi) is 4.85. The van der Waals surface area contributed by atoms with Gasteiger partial charge in [0.1, 0.15) is 5.75 Å². The second-order valence-corrected chi connectivity index (χ2v) is 7.04. The van der Waals surface area contributed by atoms with Crippen molar-refractivity contribution in [1.82, 2.24) is 0 Å². The summed E-state index contributed by atoms with van der Waals surface area (Å²) in [5, 5.41) is 9.11. The third-order valence-electron chi connectivity index (χ3n) is 3.51. The van der Waals surface area contributed by atoms with Crippen LogP contribution in [0.5, 0.6) is 5.75 Å². The van der Waals surface area contributed by atoms with Crippen molar-refractivity contribution in [1.29, 1.82) is 0 Å². The van der Waals surface area contributed by atoms with Crippen LogP contribution in [0.4, 0.5) is 0 Å². The predicted octanol–water partition coefficient (Wildman–Crippen LogP) is 4.17. The molecule has 0 saturated heterocycles. The molecule has 0 aliphatic heterocycles. The van der Waals surface area contributed by atoms with Crippen LogP contribution in [0.3, 0.4) is 0 Å². The molecule has 0 heterocycles. The van der Waals surface area contributed by atoms with Crippen LogP contribution < -0.4 is 4.74 Å².